The van der Waals surface area contributed by atoms with Crippen LogP contribution < -0.4 is 0 Å². The molecule has 1 heterocycles. The van der Waals surface area contributed by atoms with Gasteiger partial charge in [0.1, 0.15) is 18.8 Å². The van der Waals surface area contributed by atoms with Crippen molar-refractivity contribution in [3.8, 4) is 0 Å². The molecule has 0 amide bonds. The fourth-order valence-corrected chi connectivity index (χ4v) is 8.83. The van der Waals surface area contributed by atoms with E-state index in [1.165, 1.54) is 77.0 Å². The first-order chi connectivity index (χ1) is 36.6. The van der Waals surface area contributed by atoms with Crippen molar-refractivity contribution >= 4 is 23.9 Å². The molecule has 6 unspecified atom stereocenters. The highest BCUT2D eigenvalue weighted by Gasteiger charge is 2.50. The Morgan fingerprint density at radius 1 is 0.440 bits per heavy atom. The SMILES string of the molecule is CCCCC/C=C\C/C=C\CCCCCCCC(=O)OCC(COC1OC(C(=O)O)C(O)C(O)C1OC(=O)CCCCCCC/C=C\CCCCCCCC)OC(=O)CCCCCCC/C=C\C/C=C\CCCCC. The van der Waals surface area contributed by atoms with Gasteiger partial charge in [0.2, 0.25) is 0 Å². The zero-order valence-electron chi connectivity index (χ0n) is 47.5. The van der Waals surface area contributed by atoms with Crippen LogP contribution in [0.4, 0.5) is 0 Å². The van der Waals surface area contributed by atoms with E-state index in [1.807, 2.05) is 0 Å². The summed E-state index contributed by atoms with van der Waals surface area (Å²) < 4.78 is 28.4. The Labute approximate surface area is 456 Å². The lowest BCUT2D eigenvalue weighted by Gasteiger charge is -2.40. The summed E-state index contributed by atoms with van der Waals surface area (Å²) >= 11 is 0. The Balaban J connectivity index is 2.71. The predicted octanol–water partition coefficient (Wildman–Crippen LogP) is 15.6. The number of hydrogen-bond donors (Lipinski definition) is 3. The number of carbonyl (C=O) groups excluding carboxylic acids is 3. The van der Waals surface area contributed by atoms with Crippen LogP contribution in [-0.2, 0) is 42.9 Å². The van der Waals surface area contributed by atoms with Crippen molar-refractivity contribution in [1.82, 2.24) is 0 Å². The largest absolute Gasteiger partial charge is 0.479 e. The third-order valence-corrected chi connectivity index (χ3v) is 13.5. The first-order valence-corrected chi connectivity index (χ1v) is 30.3. The second-order valence-corrected chi connectivity index (χ2v) is 20.6. The van der Waals surface area contributed by atoms with Crippen molar-refractivity contribution in [2.75, 3.05) is 13.2 Å². The van der Waals surface area contributed by atoms with Gasteiger partial charge in [-0.25, -0.2) is 4.79 Å². The van der Waals surface area contributed by atoms with Crippen molar-refractivity contribution < 1.29 is 58.2 Å². The maximum atomic E-state index is 13.1. The van der Waals surface area contributed by atoms with Crippen molar-refractivity contribution in [2.24, 2.45) is 0 Å². The lowest BCUT2D eigenvalue weighted by atomic mass is 9.98. The van der Waals surface area contributed by atoms with Gasteiger partial charge >= 0.3 is 23.9 Å². The number of unbranched alkanes of at least 4 members (excludes halogenated alkanes) is 27. The van der Waals surface area contributed by atoms with E-state index in [0.29, 0.717) is 19.3 Å². The zero-order valence-corrected chi connectivity index (χ0v) is 47.5. The van der Waals surface area contributed by atoms with Crippen molar-refractivity contribution in [2.45, 2.75) is 302 Å². The third-order valence-electron chi connectivity index (χ3n) is 13.5. The normalized spacial score (nSPS) is 18.5. The summed E-state index contributed by atoms with van der Waals surface area (Å²) in [5.41, 5.74) is 0. The molecule has 1 saturated heterocycles. The van der Waals surface area contributed by atoms with E-state index < -0.39 is 67.3 Å². The summed E-state index contributed by atoms with van der Waals surface area (Å²) in [6.45, 7) is 5.92. The molecule has 0 bridgehead atoms. The van der Waals surface area contributed by atoms with Gasteiger partial charge in [-0.3, -0.25) is 14.4 Å². The number of rotatable bonds is 51. The molecule has 432 valence electrons. The highest BCUT2D eigenvalue weighted by molar-refractivity contribution is 5.74. The van der Waals surface area contributed by atoms with Crippen molar-refractivity contribution in [1.29, 1.82) is 0 Å². The lowest BCUT2D eigenvalue weighted by Crippen LogP contribution is -2.61. The predicted molar refractivity (Wildman–Crippen MR) is 303 cm³/mol. The Kier molecular flexibility index (Phi) is 47.4. The number of ether oxygens (including phenoxy) is 5. The van der Waals surface area contributed by atoms with Crippen molar-refractivity contribution in [3.05, 3.63) is 60.8 Å². The van der Waals surface area contributed by atoms with E-state index in [9.17, 15) is 34.5 Å². The topological polar surface area (TPSA) is 175 Å². The molecule has 0 aliphatic carbocycles. The van der Waals surface area contributed by atoms with Crippen LogP contribution in [0.15, 0.2) is 60.8 Å². The summed E-state index contributed by atoms with van der Waals surface area (Å²) in [5.74, 6) is -3.16. The van der Waals surface area contributed by atoms with Crippen molar-refractivity contribution in [3.63, 3.8) is 0 Å². The van der Waals surface area contributed by atoms with Gasteiger partial charge in [-0.1, -0.05) is 197 Å². The minimum atomic E-state index is -1.91. The van der Waals surface area contributed by atoms with Crippen LogP contribution in [-0.4, -0.2) is 89.2 Å². The van der Waals surface area contributed by atoms with Gasteiger partial charge in [0.05, 0.1) is 6.61 Å². The van der Waals surface area contributed by atoms with Gasteiger partial charge in [0.15, 0.2) is 24.6 Å². The van der Waals surface area contributed by atoms with Crippen LogP contribution in [0.3, 0.4) is 0 Å². The monoisotopic (exact) mass is 1060 g/mol. The molecule has 0 aromatic heterocycles. The molecule has 1 aliphatic heterocycles. The van der Waals surface area contributed by atoms with Crippen LogP contribution in [0.2, 0.25) is 0 Å². The second kappa shape index (κ2) is 51.2. The van der Waals surface area contributed by atoms with E-state index in [-0.39, 0.29) is 25.9 Å². The molecule has 1 aliphatic rings. The summed E-state index contributed by atoms with van der Waals surface area (Å²) in [6.07, 6.45) is 50.4. The van der Waals surface area contributed by atoms with Gasteiger partial charge < -0.3 is 39.0 Å². The molecule has 6 atom stereocenters. The van der Waals surface area contributed by atoms with E-state index in [0.717, 1.165) is 128 Å². The van der Waals surface area contributed by atoms with Crippen LogP contribution in [0.5, 0.6) is 0 Å². The molecule has 3 N–H and O–H groups in total. The number of carboxylic acids is 1. The van der Waals surface area contributed by atoms with E-state index >= 15 is 0 Å². The number of aliphatic hydroxyl groups excluding tert-OH is 2. The molecular formula is C63H108O12. The average Bonchev–Trinajstić information content (AvgIpc) is 3.39. The van der Waals surface area contributed by atoms with Gasteiger partial charge in [-0.2, -0.15) is 0 Å². The fraction of sp³-hybridized carbons (Fsp3) is 0.778. The van der Waals surface area contributed by atoms with Crippen LogP contribution in [0.25, 0.3) is 0 Å². The number of hydrogen-bond acceptors (Lipinski definition) is 11. The number of carboxylic acid groups (broad SMARTS) is 1. The lowest BCUT2D eigenvalue weighted by molar-refractivity contribution is -0.301. The van der Waals surface area contributed by atoms with Gasteiger partial charge in [-0.05, 0) is 109 Å². The van der Waals surface area contributed by atoms with Crippen LogP contribution in [0.1, 0.15) is 265 Å². The third kappa shape index (κ3) is 41.2. The fourth-order valence-electron chi connectivity index (χ4n) is 8.83. The molecule has 0 aromatic rings. The molecule has 0 radical (unpaired) electrons. The Morgan fingerprint density at radius 2 is 0.800 bits per heavy atom. The Morgan fingerprint density at radius 3 is 1.24 bits per heavy atom. The molecule has 12 heteroatoms. The molecule has 75 heavy (non-hydrogen) atoms. The minimum Gasteiger partial charge on any atom is -0.479 e. The summed E-state index contributed by atoms with van der Waals surface area (Å²) in [7, 11) is 0. The van der Waals surface area contributed by atoms with Crippen LogP contribution >= 0.6 is 0 Å². The molecule has 1 rings (SSSR count). The standard InChI is InChI=1S/C63H108O12/c1-4-7-10-13-16-19-22-25-28-31-34-37-40-43-46-49-55(64)71-52-54(73-56(65)50-47-44-41-38-35-32-29-26-23-20-17-14-11-8-5-2)53-72-63-61(59(68)58(67)60(75-63)62(69)70)74-57(66)51-48-45-42-39-36-33-30-27-24-21-18-15-12-9-6-3/h16-17,19-20,25-30,54,58-61,63,67-68H,4-15,18,21-24,31-53H2,1-3H3,(H,69,70)/b19-16-,20-17-,28-25-,29-26-,30-27-. The smallest absolute Gasteiger partial charge is 0.335 e. The first-order valence-electron chi connectivity index (χ1n) is 30.3. The maximum Gasteiger partial charge on any atom is 0.335 e. The zero-order chi connectivity index (χ0) is 54.7. The molecular weight excluding hydrogens is 949 g/mol. The van der Waals surface area contributed by atoms with E-state index in [2.05, 4.69) is 81.5 Å². The number of esters is 3. The number of aliphatic carboxylic acids is 1. The first kappa shape index (κ1) is 69.4. The second-order valence-electron chi connectivity index (χ2n) is 20.6. The number of allylic oxidation sites excluding steroid dienone is 10. The summed E-state index contributed by atoms with van der Waals surface area (Å²) in [6, 6.07) is 0. The molecule has 0 spiro atoms. The van der Waals surface area contributed by atoms with E-state index in [1.54, 1.807) is 0 Å². The molecule has 0 saturated carbocycles. The molecule has 1 fully saturated rings. The Hall–Kier alpha value is -3.58. The average molecular weight is 1060 g/mol. The maximum absolute atomic E-state index is 13.1. The van der Waals surface area contributed by atoms with E-state index in [4.69, 9.17) is 23.7 Å². The molecule has 0 aromatic carbocycles. The summed E-state index contributed by atoms with van der Waals surface area (Å²) in [4.78, 5) is 51.1. The number of aliphatic hydroxyl groups is 2. The van der Waals surface area contributed by atoms with Gasteiger partial charge in [-0.15, -0.1) is 0 Å². The number of carbonyl (C=O) groups is 4. The summed E-state index contributed by atoms with van der Waals surface area (Å²) in [5, 5.41) is 31.5. The van der Waals surface area contributed by atoms with Gasteiger partial charge in [0, 0.05) is 19.3 Å². The quantitative estimate of drug-likeness (QED) is 0.0228. The van der Waals surface area contributed by atoms with Crippen LogP contribution in [0, 0.1) is 0 Å². The molecule has 12 nitrogen and oxygen atoms in total. The Bertz CT molecular complexity index is 1540. The van der Waals surface area contributed by atoms with Gasteiger partial charge in [0.25, 0.3) is 0 Å². The minimum absolute atomic E-state index is 0.0472. The highest BCUT2D eigenvalue weighted by atomic mass is 16.7. The highest BCUT2D eigenvalue weighted by Crippen LogP contribution is 2.26.